The molecule has 0 bridgehead atoms. The molecule has 0 aliphatic rings. The zero-order valence-corrected chi connectivity index (χ0v) is 9.80. The zero-order valence-electron chi connectivity index (χ0n) is 9.80. The zero-order chi connectivity index (χ0) is 13.0. The molecule has 0 aromatic carbocycles. The van der Waals surface area contributed by atoms with Crippen molar-refractivity contribution in [3.63, 3.8) is 0 Å². The van der Waals surface area contributed by atoms with Crippen LogP contribution in [0.2, 0.25) is 0 Å². The van der Waals surface area contributed by atoms with Gasteiger partial charge in [0.2, 0.25) is 11.7 Å². The summed E-state index contributed by atoms with van der Waals surface area (Å²) in [5.41, 5.74) is 0.457. The first-order chi connectivity index (χ1) is 8.70. The Bertz CT molecular complexity index is 558. The van der Waals surface area contributed by atoms with Gasteiger partial charge in [-0.1, -0.05) is 12.1 Å². The van der Waals surface area contributed by atoms with Crippen molar-refractivity contribution in [1.82, 2.24) is 15.1 Å². The standard InChI is InChI=1S/C12H11FN4O/c1-8(3-2-6-14)12-16-11(17-18-12)10-5-4-9(13)7-15-10/h4-5,7-8H,2-3H2,1H3. The van der Waals surface area contributed by atoms with E-state index in [1.807, 2.05) is 6.92 Å². The van der Waals surface area contributed by atoms with Gasteiger partial charge in [0.25, 0.3) is 0 Å². The predicted octanol–water partition coefficient (Wildman–Crippen LogP) is 2.68. The van der Waals surface area contributed by atoms with Crippen molar-refractivity contribution >= 4 is 0 Å². The van der Waals surface area contributed by atoms with Crippen LogP contribution in [0.1, 0.15) is 31.6 Å². The normalized spacial score (nSPS) is 12.1. The van der Waals surface area contributed by atoms with E-state index in [0.29, 0.717) is 30.3 Å². The number of rotatable bonds is 4. The molecule has 0 spiro atoms. The van der Waals surface area contributed by atoms with Crippen molar-refractivity contribution in [2.45, 2.75) is 25.7 Å². The minimum atomic E-state index is -0.412. The molecule has 0 fully saturated rings. The summed E-state index contributed by atoms with van der Waals surface area (Å²) in [7, 11) is 0. The highest BCUT2D eigenvalue weighted by atomic mass is 19.1. The van der Waals surface area contributed by atoms with Gasteiger partial charge in [-0.2, -0.15) is 10.2 Å². The second-order valence-electron chi connectivity index (χ2n) is 3.92. The molecule has 2 heterocycles. The number of nitriles is 1. The molecule has 92 valence electrons. The van der Waals surface area contributed by atoms with E-state index in [1.165, 1.54) is 12.1 Å². The fourth-order valence-corrected chi connectivity index (χ4v) is 1.45. The minimum absolute atomic E-state index is 0.0198. The first-order valence-corrected chi connectivity index (χ1v) is 5.53. The summed E-state index contributed by atoms with van der Waals surface area (Å²) in [5.74, 6) is 0.399. The Morgan fingerprint density at radius 2 is 2.33 bits per heavy atom. The first kappa shape index (κ1) is 12.2. The van der Waals surface area contributed by atoms with E-state index in [1.54, 1.807) is 0 Å². The number of pyridine rings is 1. The van der Waals surface area contributed by atoms with Crippen LogP contribution >= 0.6 is 0 Å². The summed E-state index contributed by atoms with van der Waals surface area (Å²) in [6.07, 6.45) is 2.20. The molecule has 5 nitrogen and oxygen atoms in total. The molecule has 0 N–H and O–H groups in total. The molecule has 0 saturated heterocycles. The third kappa shape index (κ3) is 2.69. The lowest BCUT2D eigenvalue weighted by Crippen LogP contribution is -1.93. The van der Waals surface area contributed by atoms with Gasteiger partial charge in [0, 0.05) is 12.3 Å². The van der Waals surface area contributed by atoms with Gasteiger partial charge in [-0.25, -0.2) is 9.37 Å². The second kappa shape index (κ2) is 5.36. The van der Waals surface area contributed by atoms with Gasteiger partial charge in [0.1, 0.15) is 11.5 Å². The van der Waals surface area contributed by atoms with Gasteiger partial charge >= 0.3 is 0 Å². The number of hydrogen-bond donors (Lipinski definition) is 0. The van der Waals surface area contributed by atoms with E-state index < -0.39 is 5.82 Å². The lowest BCUT2D eigenvalue weighted by molar-refractivity contribution is 0.355. The molecule has 0 saturated carbocycles. The molecule has 0 radical (unpaired) electrons. The van der Waals surface area contributed by atoms with Crippen molar-refractivity contribution in [1.29, 1.82) is 5.26 Å². The SMILES string of the molecule is CC(CCC#N)c1nc(-c2ccc(F)cn2)no1. The van der Waals surface area contributed by atoms with Crippen LogP contribution in [0.25, 0.3) is 11.5 Å². The van der Waals surface area contributed by atoms with Crippen LogP contribution in [0.4, 0.5) is 4.39 Å². The maximum Gasteiger partial charge on any atom is 0.229 e. The second-order valence-corrected chi connectivity index (χ2v) is 3.92. The van der Waals surface area contributed by atoms with E-state index in [-0.39, 0.29) is 5.92 Å². The summed E-state index contributed by atoms with van der Waals surface area (Å²) in [6.45, 7) is 1.91. The van der Waals surface area contributed by atoms with Crippen molar-refractivity contribution in [2.75, 3.05) is 0 Å². The third-order valence-electron chi connectivity index (χ3n) is 2.51. The summed E-state index contributed by atoms with van der Waals surface area (Å²) < 4.78 is 17.8. The summed E-state index contributed by atoms with van der Waals surface area (Å²) in [6, 6.07) is 4.85. The maximum atomic E-state index is 12.7. The van der Waals surface area contributed by atoms with Crippen LogP contribution < -0.4 is 0 Å². The maximum absolute atomic E-state index is 12.7. The van der Waals surface area contributed by atoms with Gasteiger partial charge in [-0.05, 0) is 18.6 Å². The molecular formula is C12H11FN4O. The van der Waals surface area contributed by atoms with Gasteiger partial charge in [0.05, 0.1) is 12.3 Å². The Labute approximate surface area is 103 Å². The fourth-order valence-electron chi connectivity index (χ4n) is 1.45. The molecule has 0 amide bonds. The summed E-state index contributed by atoms with van der Waals surface area (Å²) in [5, 5.41) is 12.3. The number of aromatic nitrogens is 3. The Balaban J connectivity index is 2.15. The monoisotopic (exact) mass is 246 g/mol. The van der Waals surface area contributed by atoms with Crippen LogP contribution in [0.5, 0.6) is 0 Å². The highest BCUT2D eigenvalue weighted by Gasteiger charge is 2.15. The smallest absolute Gasteiger partial charge is 0.229 e. The molecule has 1 atom stereocenters. The van der Waals surface area contributed by atoms with Gasteiger partial charge in [0.15, 0.2) is 0 Å². The van der Waals surface area contributed by atoms with Gasteiger partial charge < -0.3 is 4.52 Å². The van der Waals surface area contributed by atoms with E-state index >= 15 is 0 Å². The molecule has 1 unspecified atom stereocenters. The number of halogens is 1. The average Bonchev–Trinajstić information content (AvgIpc) is 2.86. The summed E-state index contributed by atoms with van der Waals surface area (Å²) >= 11 is 0. The van der Waals surface area contributed by atoms with Crippen LogP contribution in [0, 0.1) is 17.1 Å². The molecule has 6 heteroatoms. The van der Waals surface area contributed by atoms with Gasteiger partial charge in [-0.3, -0.25) is 0 Å². The van der Waals surface area contributed by atoms with Crippen molar-refractivity contribution in [3.05, 3.63) is 30.0 Å². The van der Waals surface area contributed by atoms with Crippen molar-refractivity contribution < 1.29 is 8.91 Å². The Hall–Kier alpha value is -2.29. The van der Waals surface area contributed by atoms with Crippen LogP contribution in [-0.4, -0.2) is 15.1 Å². The average molecular weight is 246 g/mol. The highest BCUT2D eigenvalue weighted by Crippen LogP contribution is 2.21. The largest absolute Gasteiger partial charge is 0.339 e. The quantitative estimate of drug-likeness (QED) is 0.828. The topological polar surface area (TPSA) is 75.6 Å². The minimum Gasteiger partial charge on any atom is -0.339 e. The van der Waals surface area contributed by atoms with E-state index in [4.69, 9.17) is 9.78 Å². The third-order valence-corrected chi connectivity index (χ3v) is 2.51. The molecule has 0 aliphatic carbocycles. The number of nitrogens with zero attached hydrogens (tertiary/aromatic N) is 4. The lowest BCUT2D eigenvalue weighted by Gasteiger charge is -2.00. The molecule has 18 heavy (non-hydrogen) atoms. The lowest BCUT2D eigenvalue weighted by atomic mass is 10.1. The first-order valence-electron chi connectivity index (χ1n) is 5.53. The van der Waals surface area contributed by atoms with E-state index in [0.717, 1.165) is 6.20 Å². The molecule has 2 rings (SSSR count). The molecule has 2 aromatic heterocycles. The Morgan fingerprint density at radius 1 is 1.50 bits per heavy atom. The van der Waals surface area contributed by atoms with E-state index in [2.05, 4.69) is 21.2 Å². The van der Waals surface area contributed by atoms with Crippen LogP contribution in [0.15, 0.2) is 22.9 Å². The molecule has 0 aliphatic heterocycles. The van der Waals surface area contributed by atoms with E-state index in [9.17, 15) is 4.39 Å². The fraction of sp³-hybridized carbons (Fsp3) is 0.333. The highest BCUT2D eigenvalue weighted by molar-refractivity contribution is 5.47. The number of hydrogen-bond acceptors (Lipinski definition) is 5. The van der Waals surface area contributed by atoms with Crippen LogP contribution in [0.3, 0.4) is 0 Å². The van der Waals surface area contributed by atoms with Gasteiger partial charge in [-0.15, -0.1) is 0 Å². The summed E-state index contributed by atoms with van der Waals surface area (Å²) in [4.78, 5) is 8.06. The Kier molecular flexibility index (Phi) is 3.63. The Morgan fingerprint density at radius 3 is 3.00 bits per heavy atom. The van der Waals surface area contributed by atoms with Crippen molar-refractivity contribution in [2.24, 2.45) is 0 Å². The van der Waals surface area contributed by atoms with Crippen molar-refractivity contribution in [3.8, 4) is 17.6 Å². The molecule has 2 aromatic rings. The van der Waals surface area contributed by atoms with Crippen LogP contribution in [-0.2, 0) is 0 Å². The predicted molar refractivity (Wildman–Crippen MR) is 60.7 cm³/mol. The molecular weight excluding hydrogens is 235 g/mol.